The van der Waals surface area contributed by atoms with Gasteiger partial charge in [0.1, 0.15) is 0 Å². The van der Waals surface area contributed by atoms with Crippen molar-refractivity contribution in [2.45, 2.75) is 31.9 Å². The average Bonchev–Trinajstić information content (AvgIpc) is 3.02. The van der Waals surface area contributed by atoms with Gasteiger partial charge in [0.15, 0.2) is 0 Å². The molecule has 21 heavy (non-hydrogen) atoms. The monoisotopic (exact) mass is 341 g/mol. The van der Waals surface area contributed by atoms with Gasteiger partial charge in [-0.2, -0.15) is 13.2 Å². The number of aryl methyl sites for hydroxylation is 1. The van der Waals surface area contributed by atoms with Crippen LogP contribution in [0.2, 0.25) is 0 Å². The van der Waals surface area contributed by atoms with Gasteiger partial charge in [0, 0.05) is 16.7 Å². The maximum absolute atomic E-state index is 12.0. The number of rotatable bonds is 5. The molecule has 0 aromatic carbocycles. The Balaban J connectivity index is 1.90. The van der Waals surface area contributed by atoms with Gasteiger partial charge in [0.2, 0.25) is 15.9 Å². The molecule has 0 unspecified atom stereocenters. The predicted octanol–water partition coefficient (Wildman–Crippen LogP) is 2.56. The summed E-state index contributed by atoms with van der Waals surface area (Å²) in [6.07, 6.45) is -5.50. The Kier molecular flexibility index (Phi) is 4.34. The summed E-state index contributed by atoms with van der Waals surface area (Å²) in [5.41, 5.74) is 1.04. The fourth-order valence-corrected chi connectivity index (χ4v) is 4.24. The number of hydrogen-bond donors (Lipinski definition) is 1. The Morgan fingerprint density at radius 1 is 1.48 bits per heavy atom. The number of nitrogens with one attached hydrogen (secondary N) is 1. The molecule has 1 heterocycles. The summed E-state index contributed by atoms with van der Waals surface area (Å²) in [7, 11) is -4.24. The van der Waals surface area contributed by atoms with Gasteiger partial charge in [0.05, 0.1) is 12.2 Å². The van der Waals surface area contributed by atoms with Gasteiger partial charge in [0.25, 0.3) is 0 Å². The fourth-order valence-electron chi connectivity index (χ4n) is 2.07. The first kappa shape index (κ1) is 16.3. The van der Waals surface area contributed by atoms with Gasteiger partial charge in [-0.25, -0.2) is 8.42 Å². The van der Waals surface area contributed by atoms with Crippen LogP contribution >= 0.6 is 11.3 Å². The minimum Gasteiger partial charge on any atom is -0.274 e. The summed E-state index contributed by atoms with van der Waals surface area (Å²) < 4.78 is 60.7. The largest absolute Gasteiger partial charge is 0.390 e. The smallest absolute Gasteiger partial charge is 0.274 e. The summed E-state index contributed by atoms with van der Waals surface area (Å²) in [5.74, 6) is -2.33. The van der Waals surface area contributed by atoms with Gasteiger partial charge in [-0.1, -0.05) is 0 Å². The highest BCUT2D eigenvalue weighted by atomic mass is 32.2. The zero-order chi connectivity index (χ0) is 15.8. The lowest BCUT2D eigenvalue weighted by molar-refractivity contribution is -0.130. The van der Waals surface area contributed by atoms with Crippen molar-refractivity contribution in [3.05, 3.63) is 21.9 Å². The van der Waals surface area contributed by atoms with E-state index in [9.17, 15) is 26.4 Å². The van der Waals surface area contributed by atoms with Crippen molar-refractivity contribution >= 4 is 27.3 Å². The number of halogens is 3. The topological polar surface area (TPSA) is 63.2 Å². The van der Waals surface area contributed by atoms with E-state index < -0.39 is 40.2 Å². The molecule has 1 aromatic rings. The summed E-state index contributed by atoms with van der Waals surface area (Å²) in [6, 6.07) is 1.91. The van der Waals surface area contributed by atoms with Gasteiger partial charge in [-0.15, -0.1) is 11.3 Å². The molecule has 2 rings (SSSR count). The van der Waals surface area contributed by atoms with Crippen LogP contribution < -0.4 is 4.72 Å². The van der Waals surface area contributed by atoms with E-state index in [2.05, 4.69) is 0 Å². The van der Waals surface area contributed by atoms with Crippen LogP contribution in [0.15, 0.2) is 11.4 Å². The standard InChI is InChI=1S/C12H14F3NO3S2/c1-7-2-4-20-10(7)8-6-9(8)11(17)16-21(18,19)5-3-12(13,14)15/h2,4,8-9H,3,5-6H2,1H3,(H,16,17)/t8-,9-/m0/s1. The number of amides is 1. The first-order valence-electron chi connectivity index (χ1n) is 6.24. The van der Waals surface area contributed by atoms with Crippen molar-refractivity contribution in [1.29, 1.82) is 0 Å². The summed E-state index contributed by atoms with van der Waals surface area (Å²) in [6.45, 7) is 1.90. The van der Waals surface area contributed by atoms with Crippen LogP contribution in [-0.4, -0.2) is 26.3 Å². The van der Waals surface area contributed by atoms with Crippen molar-refractivity contribution in [2.24, 2.45) is 5.92 Å². The van der Waals surface area contributed by atoms with Crippen molar-refractivity contribution in [3.63, 3.8) is 0 Å². The van der Waals surface area contributed by atoms with Crippen LogP contribution in [0, 0.1) is 12.8 Å². The van der Waals surface area contributed by atoms with Crippen LogP contribution in [0.5, 0.6) is 0 Å². The first-order chi connectivity index (χ1) is 9.59. The molecule has 0 radical (unpaired) electrons. The lowest BCUT2D eigenvalue weighted by Crippen LogP contribution is -2.35. The van der Waals surface area contributed by atoms with E-state index in [4.69, 9.17) is 0 Å². The minimum absolute atomic E-state index is 0.0252. The molecule has 1 amide bonds. The molecule has 4 nitrogen and oxygen atoms in total. The molecular weight excluding hydrogens is 327 g/mol. The molecule has 1 aliphatic rings. The molecule has 0 bridgehead atoms. The maximum Gasteiger partial charge on any atom is 0.390 e. The molecule has 1 N–H and O–H groups in total. The van der Waals surface area contributed by atoms with Crippen molar-refractivity contribution < 1.29 is 26.4 Å². The van der Waals surface area contributed by atoms with Crippen LogP contribution in [0.1, 0.15) is 29.2 Å². The summed E-state index contributed by atoms with van der Waals surface area (Å²) in [4.78, 5) is 12.8. The molecule has 0 saturated heterocycles. The Morgan fingerprint density at radius 3 is 2.67 bits per heavy atom. The molecule has 1 fully saturated rings. The number of hydrogen-bond acceptors (Lipinski definition) is 4. The lowest BCUT2D eigenvalue weighted by Gasteiger charge is -2.08. The van der Waals surface area contributed by atoms with Crippen molar-refractivity contribution in [3.8, 4) is 0 Å². The van der Waals surface area contributed by atoms with Gasteiger partial charge < -0.3 is 0 Å². The molecular formula is C12H14F3NO3S2. The summed E-state index contributed by atoms with van der Waals surface area (Å²) >= 11 is 1.49. The molecule has 0 spiro atoms. The second kappa shape index (κ2) is 5.60. The predicted molar refractivity (Wildman–Crippen MR) is 72.5 cm³/mol. The highest BCUT2D eigenvalue weighted by molar-refractivity contribution is 7.90. The third-order valence-corrected chi connectivity index (χ3v) is 5.68. The molecule has 2 atom stereocenters. The Hall–Kier alpha value is -1.09. The van der Waals surface area contributed by atoms with E-state index in [1.54, 1.807) is 4.72 Å². The van der Waals surface area contributed by atoms with E-state index in [1.807, 2.05) is 18.4 Å². The van der Waals surface area contributed by atoms with Gasteiger partial charge in [-0.3, -0.25) is 9.52 Å². The quantitative estimate of drug-likeness (QED) is 0.895. The van der Waals surface area contributed by atoms with E-state index in [1.165, 1.54) is 11.3 Å². The summed E-state index contributed by atoms with van der Waals surface area (Å²) in [5, 5.41) is 1.89. The number of alkyl halides is 3. The highest BCUT2D eigenvalue weighted by Gasteiger charge is 2.46. The van der Waals surface area contributed by atoms with Crippen molar-refractivity contribution in [2.75, 3.05) is 5.75 Å². The number of carbonyl (C=O) groups excluding carboxylic acids is 1. The minimum atomic E-state index is -4.56. The van der Waals surface area contributed by atoms with E-state index in [0.29, 0.717) is 6.42 Å². The van der Waals surface area contributed by atoms with E-state index in [0.717, 1.165) is 10.4 Å². The number of thiophene rings is 1. The Bertz CT molecular complexity index is 636. The highest BCUT2D eigenvalue weighted by Crippen LogP contribution is 2.50. The van der Waals surface area contributed by atoms with Crippen molar-refractivity contribution in [1.82, 2.24) is 4.72 Å². The second-order valence-electron chi connectivity index (χ2n) is 5.07. The fraction of sp³-hybridized carbons (Fsp3) is 0.583. The average molecular weight is 341 g/mol. The molecule has 9 heteroatoms. The second-order valence-corrected chi connectivity index (χ2v) is 7.86. The van der Waals surface area contributed by atoms with Gasteiger partial charge in [-0.05, 0) is 30.4 Å². The number of carbonyl (C=O) groups is 1. The molecule has 1 aliphatic carbocycles. The maximum atomic E-state index is 12.0. The zero-order valence-electron chi connectivity index (χ0n) is 11.1. The van der Waals surface area contributed by atoms with Crippen LogP contribution in [0.4, 0.5) is 13.2 Å². The molecule has 1 aromatic heterocycles. The molecule has 1 saturated carbocycles. The SMILES string of the molecule is Cc1ccsc1[C@H]1C[C@@H]1C(=O)NS(=O)(=O)CCC(F)(F)F. The molecule has 118 valence electrons. The third kappa shape index (κ3) is 4.44. The van der Waals surface area contributed by atoms with Crippen LogP contribution in [-0.2, 0) is 14.8 Å². The zero-order valence-corrected chi connectivity index (χ0v) is 12.7. The van der Waals surface area contributed by atoms with E-state index >= 15 is 0 Å². The Morgan fingerprint density at radius 2 is 2.14 bits per heavy atom. The van der Waals surface area contributed by atoms with Gasteiger partial charge >= 0.3 is 6.18 Å². The Labute approximate surface area is 124 Å². The lowest BCUT2D eigenvalue weighted by atomic mass is 10.2. The van der Waals surface area contributed by atoms with E-state index in [-0.39, 0.29) is 5.92 Å². The normalized spacial score (nSPS) is 22.1. The van der Waals surface area contributed by atoms with Crippen LogP contribution in [0.25, 0.3) is 0 Å². The first-order valence-corrected chi connectivity index (χ1v) is 8.77. The number of sulfonamides is 1. The third-order valence-electron chi connectivity index (χ3n) is 3.28. The molecule has 0 aliphatic heterocycles. The van der Waals surface area contributed by atoms with Crippen LogP contribution in [0.3, 0.4) is 0 Å².